The first kappa shape index (κ1) is 16.7. The molecular weight excluding hydrogens is 339 g/mol. The van der Waals surface area contributed by atoms with Crippen molar-refractivity contribution in [3.05, 3.63) is 71.5 Å². The lowest BCUT2D eigenvalue weighted by Gasteiger charge is -2.61. The van der Waals surface area contributed by atoms with Crippen LogP contribution in [0.4, 0.5) is 4.39 Å². The Balaban J connectivity index is 1.58. The average molecular weight is 360 g/mol. The van der Waals surface area contributed by atoms with Crippen LogP contribution in [-0.2, 0) is 16.6 Å². The van der Waals surface area contributed by atoms with Crippen molar-refractivity contribution in [2.45, 2.75) is 24.5 Å². The van der Waals surface area contributed by atoms with E-state index in [1.54, 1.807) is 16.4 Å². The molecule has 2 aromatic carbocycles. The molecule has 3 heterocycles. The van der Waals surface area contributed by atoms with Crippen molar-refractivity contribution in [3.63, 3.8) is 0 Å². The minimum Gasteiger partial charge on any atom is -0.289 e. The highest BCUT2D eigenvalue weighted by Crippen LogP contribution is 2.46. The lowest BCUT2D eigenvalue weighted by molar-refractivity contribution is -0.0749. The first-order chi connectivity index (χ1) is 11.9. The zero-order chi connectivity index (χ0) is 17.6. The van der Waals surface area contributed by atoms with Crippen LogP contribution in [0.3, 0.4) is 0 Å². The number of benzene rings is 2. The standard InChI is InChI=1S/C19H21FN2O2S/c1-25(23,24)21-12-17-19(15-5-3-2-4-6-15)18(13-21)22(17)11-14-7-9-16(20)10-8-14/h2-10,17-19H,11-13H2,1H3/t17-,18+,19?. The predicted molar refractivity (Wildman–Crippen MR) is 95.1 cm³/mol. The van der Waals surface area contributed by atoms with Gasteiger partial charge in [-0.2, -0.15) is 4.31 Å². The summed E-state index contributed by atoms with van der Waals surface area (Å²) >= 11 is 0. The summed E-state index contributed by atoms with van der Waals surface area (Å²) in [5, 5.41) is 0. The molecule has 0 radical (unpaired) electrons. The third kappa shape index (κ3) is 3.10. The Morgan fingerprint density at radius 3 is 2.16 bits per heavy atom. The number of fused-ring (bicyclic) bond motifs is 2. The van der Waals surface area contributed by atoms with Crippen LogP contribution in [0.15, 0.2) is 54.6 Å². The van der Waals surface area contributed by atoms with E-state index in [1.807, 2.05) is 18.2 Å². The fourth-order valence-electron chi connectivity index (χ4n) is 4.17. The molecule has 0 spiro atoms. The van der Waals surface area contributed by atoms with Crippen LogP contribution in [0.5, 0.6) is 0 Å². The molecule has 2 bridgehead atoms. The Morgan fingerprint density at radius 2 is 1.60 bits per heavy atom. The lowest BCUT2D eigenvalue weighted by Crippen LogP contribution is -2.73. The largest absolute Gasteiger partial charge is 0.289 e. The van der Waals surface area contributed by atoms with Gasteiger partial charge in [0, 0.05) is 37.6 Å². The van der Waals surface area contributed by atoms with Gasteiger partial charge < -0.3 is 0 Å². The maximum Gasteiger partial charge on any atom is 0.211 e. The van der Waals surface area contributed by atoms with Gasteiger partial charge in [-0.25, -0.2) is 12.8 Å². The molecule has 3 atom stereocenters. The van der Waals surface area contributed by atoms with E-state index in [0.29, 0.717) is 19.0 Å². The Morgan fingerprint density at radius 1 is 1.00 bits per heavy atom. The fraction of sp³-hybridized carbons (Fsp3) is 0.368. The molecule has 3 aliphatic rings. The first-order valence-electron chi connectivity index (χ1n) is 8.44. The number of hydrogen-bond acceptors (Lipinski definition) is 3. The molecule has 3 saturated heterocycles. The number of rotatable bonds is 4. The summed E-state index contributed by atoms with van der Waals surface area (Å²) in [6.45, 7) is 1.74. The molecular formula is C19H21FN2O2S. The summed E-state index contributed by atoms with van der Waals surface area (Å²) < 4.78 is 38.6. The number of piperazine rings is 1. The van der Waals surface area contributed by atoms with Crippen LogP contribution in [0.1, 0.15) is 17.0 Å². The lowest BCUT2D eigenvalue weighted by atomic mass is 9.72. The molecule has 0 aromatic heterocycles. The Hall–Kier alpha value is -1.76. The molecule has 6 heteroatoms. The number of halogens is 1. The van der Waals surface area contributed by atoms with Crippen LogP contribution in [0.25, 0.3) is 0 Å². The van der Waals surface area contributed by atoms with Gasteiger partial charge in [-0.15, -0.1) is 0 Å². The smallest absolute Gasteiger partial charge is 0.211 e. The van der Waals surface area contributed by atoms with Gasteiger partial charge in [0.15, 0.2) is 0 Å². The van der Waals surface area contributed by atoms with E-state index in [9.17, 15) is 12.8 Å². The van der Waals surface area contributed by atoms with Crippen molar-refractivity contribution >= 4 is 10.0 Å². The monoisotopic (exact) mass is 360 g/mol. The summed E-state index contributed by atoms with van der Waals surface area (Å²) in [5.74, 6) is 0.109. The highest BCUT2D eigenvalue weighted by atomic mass is 32.2. The Kier molecular flexibility index (Phi) is 4.14. The van der Waals surface area contributed by atoms with Gasteiger partial charge in [-0.3, -0.25) is 4.90 Å². The van der Waals surface area contributed by atoms with Crippen LogP contribution < -0.4 is 0 Å². The quantitative estimate of drug-likeness (QED) is 0.841. The van der Waals surface area contributed by atoms with E-state index in [1.165, 1.54) is 24.0 Å². The van der Waals surface area contributed by atoms with Crippen molar-refractivity contribution in [1.29, 1.82) is 0 Å². The van der Waals surface area contributed by atoms with Crippen molar-refractivity contribution in [2.24, 2.45) is 0 Å². The Bertz CT molecular complexity index is 841. The van der Waals surface area contributed by atoms with Crippen LogP contribution >= 0.6 is 0 Å². The van der Waals surface area contributed by atoms with Crippen molar-refractivity contribution in [3.8, 4) is 0 Å². The first-order valence-corrected chi connectivity index (χ1v) is 10.3. The van der Waals surface area contributed by atoms with E-state index in [2.05, 4.69) is 17.0 Å². The summed E-state index contributed by atoms with van der Waals surface area (Å²) in [5.41, 5.74) is 2.32. The summed E-state index contributed by atoms with van der Waals surface area (Å²) in [7, 11) is -3.18. The van der Waals surface area contributed by atoms with E-state index in [0.717, 1.165) is 12.1 Å². The number of sulfonamides is 1. The second kappa shape index (κ2) is 6.20. The predicted octanol–water partition coefficient (Wildman–Crippen LogP) is 2.44. The van der Waals surface area contributed by atoms with Crippen molar-refractivity contribution < 1.29 is 12.8 Å². The number of hydrogen-bond donors (Lipinski definition) is 0. The van der Waals surface area contributed by atoms with Gasteiger partial charge >= 0.3 is 0 Å². The molecule has 0 saturated carbocycles. The minimum absolute atomic E-state index is 0.154. The van der Waals surface area contributed by atoms with Crippen LogP contribution in [0.2, 0.25) is 0 Å². The van der Waals surface area contributed by atoms with Gasteiger partial charge in [0.2, 0.25) is 10.0 Å². The highest BCUT2D eigenvalue weighted by molar-refractivity contribution is 7.88. The van der Waals surface area contributed by atoms with Gasteiger partial charge in [-0.1, -0.05) is 42.5 Å². The molecule has 0 aliphatic carbocycles. The maximum absolute atomic E-state index is 13.1. The molecule has 3 fully saturated rings. The normalized spacial score (nSPS) is 27.0. The van der Waals surface area contributed by atoms with Gasteiger partial charge in [-0.05, 0) is 23.3 Å². The highest BCUT2D eigenvalue weighted by Gasteiger charge is 2.54. The molecule has 5 rings (SSSR count). The van der Waals surface area contributed by atoms with Crippen molar-refractivity contribution in [1.82, 2.24) is 9.21 Å². The average Bonchev–Trinajstić information content (AvgIpc) is 2.60. The molecule has 0 amide bonds. The molecule has 4 nitrogen and oxygen atoms in total. The summed E-state index contributed by atoms with van der Waals surface area (Å²) in [6.07, 6.45) is 1.28. The molecule has 25 heavy (non-hydrogen) atoms. The summed E-state index contributed by atoms with van der Waals surface area (Å²) in [6, 6.07) is 17.2. The molecule has 1 unspecified atom stereocenters. The second-order valence-electron chi connectivity index (χ2n) is 6.95. The third-order valence-corrected chi connectivity index (χ3v) is 6.63. The van der Waals surface area contributed by atoms with Gasteiger partial charge in [0.25, 0.3) is 0 Å². The summed E-state index contributed by atoms with van der Waals surface area (Å²) in [4.78, 5) is 2.35. The van der Waals surface area contributed by atoms with E-state index in [4.69, 9.17) is 0 Å². The second-order valence-corrected chi connectivity index (χ2v) is 8.93. The van der Waals surface area contributed by atoms with Gasteiger partial charge in [0.1, 0.15) is 5.82 Å². The fourth-order valence-corrected chi connectivity index (χ4v) is 5.01. The molecule has 0 N–H and O–H groups in total. The zero-order valence-electron chi connectivity index (χ0n) is 14.0. The number of nitrogens with zero attached hydrogens (tertiary/aromatic N) is 2. The Labute approximate surface area is 147 Å². The maximum atomic E-state index is 13.1. The van der Waals surface area contributed by atoms with E-state index in [-0.39, 0.29) is 17.9 Å². The topological polar surface area (TPSA) is 40.6 Å². The minimum atomic E-state index is -3.18. The van der Waals surface area contributed by atoms with Crippen LogP contribution in [-0.4, -0.2) is 49.1 Å². The SMILES string of the molecule is CS(=O)(=O)N1C[C@@H]2C(c3ccccc3)[C@H](C1)N2Cc1ccc(F)cc1. The number of piperidine rings is 1. The molecule has 132 valence electrons. The van der Waals surface area contributed by atoms with Crippen molar-refractivity contribution in [2.75, 3.05) is 19.3 Å². The molecule has 2 aromatic rings. The van der Waals surface area contributed by atoms with E-state index < -0.39 is 10.0 Å². The van der Waals surface area contributed by atoms with E-state index >= 15 is 0 Å². The van der Waals surface area contributed by atoms with Crippen LogP contribution in [0, 0.1) is 5.82 Å². The zero-order valence-corrected chi connectivity index (χ0v) is 14.9. The third-order valence-electron chi connectivity index (χ3n) is 5.39. The molecule has 3 aliphatic heterocycles. The van der Waals surface area contributed by atoms with Gasteiger partial charge in [0.05, 0.1) is 6.26 Å².